The maximum absolute atomic E-state index is 13.0. The quantitative estimate of drug-likeness (QED) is 0.261. The lowest BCUT2D eigenvalue weighted by molar-refractivity contribution is 0.0936. The smallest absolute Gasteiger partial charge is 0.198 e. The highest BCUT2D eigenvalue weighted by molar-refractivity contribution is 5.97. The topological polar surface area (TPSA) is 58.8 Å². The third-order valence-corrected chi connectivity index (χ3v) is 7.88. The van der Waals surface area contributed by atoms with Crippen LogP contribution in [0.1, 0.15) is 47.4 Å². The second kappa shape index (κ2) is 11.0. The van der Waals surface area contributed by atoms with Gasteiger partial charge in [0.25, 0.3) is 0 Å². The number of likely N-dealkylation sites (tertiary alicyclic amines) is 1. The predicted molar refractivity (Wildman–Crippen MR) is 150 cm³/mol. The van der Waals surface area contributed by atoms with E-state index in [1.54, 1.807) is 6.20 Å². The lowest BCUT2D eigenvalue weighted by Crippen LogP contribution is -2.38. The third-order valence-electron chi connectivity index (χ3n) is 7.88. The maximum atomic E-state index is 13.0. The molecule has 2 aliphatic rings. The van der Waals surface area contributed by atoms with Crippen LogP contribution >= 0.6 is 0 Å². The molecule has 4 heterocycles. The molecule has 4 aromatic rings. The summed E-state index contributed by atoms with van der Waals surface area (Å²) < 4.78 is 12.3. The summed E-state index contributed by atoms with van der Waals surface area (Å²) in [5, 5.41) is 0.924. The zero-order valence-electron chi connectivity index (χ0n) is 22.0. The van der Waals surface area contributed by atoms with Gasteiger partial charge in [0, 0.05) is 68.9 Å². The Balaban J connectivity index is 1.02. The van der Waals surface area contributed by atoms with Gasteiger partial charge in [-0.25, -0.2) is 0 Å². The number of Topliss-reactive ketones (excluding diaryl/α,β-unsaturated/α-hetero) is 1. The lowest BCUT2D eigenvalue weighted by atomic mass is 10.0. The monoisotopic (exact) mass is 509 g/mol. The van der Waals surface area contributed by atoms with E-state index >= 15 is 0 Å². The molecule has 6 nitrogen and oxygen atoms in total. The van der Waals surface area contributed by atoms with Gasteiger partial charge >= 0.3 is 0 Å². The lowest BCUT2D eigenvalue weighted by Gasteiger charge is -2.33. The van der Waals surface area contributed by atoms with Crippen LogP contribution in [0.25, 0.3) is 11.0 Å². The fourth-order valence-corrected chi connectivity index (χ4v) is 5.75. The molecule has 2 aromatic heterocycles. The molecule has 0 radical (unpaired) electrons. The summed E-state index contributed by atoms with van der Waals surface area (Å²) in [4.78, 5) is 22.1. The predicted octanol–water partition coefficient (Wildman–Crippen LogP) is 6.28. The summed E-state index contributed by atoms with van der Waals surface area (Å²) in [5.41, 5.74) is 4.52. The number of anilines is 1. The van der Waals surface area contributed by atoms with Gasteiger partial charge in [-0.2, -0.15) is 0 Å². The molecule has 1 atom stereocenters. The second-order valence-corrected chi connectivity index (χ2v) is 10.8. The van der Waals surface area contributed by atoms with Gasteiger partial charge in [0.2, 0.25) is 0 Å². The standard InChI is InChI=1S/C32H35N3O3/c1-23-4-6-27(7-5-23)35-15-11-28(12-16-35)37-29-8-9-31-26(18-29)19-32(38-31)30(36)17-24-10-14-34(21-24)22-25-3-2-13-33-20-25/h2-9,13,18-20,24,28H,10-12,14-17,21-22H2,1H3/t24-/m0/s1. The number of hydrogen-bond acceptors (Lipinski definition) is 6. The molecule has 0 unspecified atom stereocenters. The van der Waals surface area contributed by atoms with Crippen molar-refractivity contribution in [3.8, 4) is 5.75 Å². The normalized spacial score (nSPS) is 18.8. The number of rotatable bonds is 8. The number of aromatic nitrogens is 1. The van der Waals surface area contributed by atoms with Crippen molar-refractivity contribution in [2.45, 2.75) is 45.3 Å². The SMILES string of the molecule is Cc1ccc(N2CCC(Oc3ccc4oc(C(=O)C[C@@H]5CCN(Cc6cccnc6)C5)cc4c3)CC2)cc1. The summed E-state index contributed by atoms with van der Waals surface area (Å²) >= 11 is 0. The number of carbonyl (C=O) groups excluding carboxylic acids is 1. The molecule has 0 saturated carbocycles. The van der Waals surface area contributed by atoms with Crippen LogP contribution in [-0.4, -0.2) is 48.0 Å². The van der Waals surface area contributed by atoms with Gasteiger partial charge < -0.3 is 14.1 Å². The minimum atomic E-state index is 0.0837. The summed E-state index contributed by atoms with van der Waals surface area (Å²) in [6.07, 6.45) is 7.44. The average molecular weight is 510 g/mol. The van der Waals surface area contributed by atoms with Crippen LogP contribution < -0.4 is 9.64 Å². The first kappa shape index (κ1) is 24.7. The van der Waals surface area contributed by atoms with Crippen molar-refractivity contribution in [3.63, 3.8) is 0 Å². The van der Waals surface area contributed by atoms with Gasteiger partial charge in [0.05, 0.1) is 0 Å². The van der Waals surface area contributed by atoms with E-state index in [1.807, 2.05) is 36.5 Å². The third kappa shape index (κ3) is 5.76. The number of ether oxygens (including phenoxy) is 1. The number of furan rings is 1. The van der Waals surface area contributed by atoms with Crippen molar-refractivity contribution in [3.05, 3.63) is 89.9 Å². The van der Waals surface area contributed by atoms with Crippen LogP contribution in [-0.2, 0) is 6.54 Å². The van der Waals surface area contributed by atoms with E-state index in [0.29, 0.717) is 18.1 Å². The molecule has 2 saturated heterocycles. The van der Waals surface area contributed by atoms with Crippen LogP contribution in [0.15, 0.2) is 77.5 Å². The van der Waals surface area contributed by atoms with Crippen LogP contribution in [0.3, 0.4) is 0 Å². The summed E-state index contributed by atoms with van der Waals surface area (Å²) in [7, 11) is 0. The Morgan fingerprint density at radius 2 is 1.87 bits per heavy atom. The number of hydrogen-bond donors (Lipinski definition) is 0. The highest BCUT2D eigenvalue weighted by Crippen LogP contribution is 2.30. The van der Waals surface area contributed by atoms with Gasteiger partial charge in [-0.3, -0.25) is 14.7 Å². The Labute approximate surface area is 224 Å². The van der Waals surface area contributed by atoms with Gasteiger partial charge in [-0.1, -0.05) is 23.8 Å². The van der Waals surface area contributed by atoms with Crippen molar-refractivity contribution < 1.29 is 13.9 Å². The van der Waals surface area contributed by atoms with Crippen LogP contribution in [0.4, 0.5) is 5.69 Å². The Kier molecular flexibility index (Phi) is 7.14. The molecule has 0 N–H and O–H groups in total. The number of benzene rings is 2. The minimum absolute atomic E-state index is 0.0837. The van der Waals surface area contributed by atoms with Crippen LogP contribution in [0.2, 0.25) is 0 Å². The van der Waals surface area contributed by atoms with Crippen LogP contribution in [0, 0.1) is 12.8 Å². The molecule has 0 aliphatic carbocycles. The molecule has 0 spiro atoms. The number of carbonyl (C=O) groups is 1. The summed E-state index contributed by atoms with van der Waals surface area (Å²) in [6.45, 7) is 6.92. The first-order valence-corrected chi connectivity index (χ1v) is 13.8. The van der Waals surface area contributed by atoms with Gasteiger partial charge in [-0.05, 0) is 73.8 Å². The van der Waals surface area contributed by atoms with Crippen molar-refractivity contribution >= 4 is 22.4 Å². The largest absolute Gasteiger partial charge is 0.490 e. The van der Waals surface area contributed by atoms with E-state index in [9.17, 15) is 4.79 Å². The van der Waals surface area contributed by atoms with Gasteiger partial charge in [-0.15, -0.1) is 0 Å². The van der Waals surface area contributed by atoms with E-state index < -0.39 is 0 Å². The minimum Gasteiger partial charge on any atom is -0.490 e. The van der Waals surface area contributed by atoms with Gasteiger partial charge in [0.1, 0.15) is 17.4 Å². The average Bonchev–Trinajstić information content (AvgIpc) is 3.57. The fourth-order valence-electron chi connectivity index (χ4n) is 5.75. The van der Waals surface area contributed by atoms with Crippen LogP contribution in [0.5, 0.6) is 5.75 Å². The summed E-state index contributed by atoms with van der Waals surface area (Å²) in [6, 6.07) is 20.6. The molecule has 0 amide bonds. The fraction of sp³-hybridized carbons (Fsp3) is 0.375. The van der Waals surface area contributed by atoms with Crippen molar-refractivity contribution in [1.82, 2.24) is 9.88 Å². The molecule has 196 valence electrons. The zero-order valence-corrected chi connectivity index (χ0v) is 22.0. The highest BCUT2D eigenvalue weighted by atomic mass is 16.5. The molecule has 2 fully saturated rings. The first-order chi connectivity index (χ1) is 18.6. The zero-order chi connectivity index (χ0) is 25.9. The van der Waals surface area contributed by atoms with E-state index in [4.69, 9.17) is 9.15 Å². The number of nitrogens with zero attached hydrogens (tertiary/aromatic N) is 3. The number of aryl methyl sites for hydroxylation is 1. The Morgan fingerprint density at radius 1 is 1.03 bits per heavy atom. The Hall–Kier alpha value is -3.64. The molecule has 0 bridgehead atoms. The number of ketones is 1. The molecule has 6 rings (SSSR count). The van der Waals surface area contributed by atoms with E-state index in [1.165, 1.54) is 16.8 Å². The molecule has 2 aliphatic heterocycles. The first-order valence-electron chi connectivity index (χ1n) is 13.8. The maximum Gasteiger partial charge on any atom is 0.198 e. The molecule has 6 heteroatoms. The number of fused-ring (bicyclic) bond motifs is 1. The van der Waals surface area contributed by atoms with Crippen molar-refractivity contribution in [2.24, 2.45) is 5.92 Å². The molecule has 38 heavy (non-hydrogen) atoms. The summed E-state index contributed by atoms with van der Waals surface area (Å²) in [5.74, 6) is 1.74. The molecule has 2 aromatic carbocycles. The Morgan fingerprint density at radius 3 is 2.66 bits per heavy atom. The van der Waals surface area contributed by atoms with E-state index in [2.05, 4.69) is 52.0 Å². The number of piperidine rings is 1. The number of pyridine rings is 1. The second-order valence-electron chi connectivity index (χ2n) is 10.8. The highest BCUT2D eigenvalue weighted by Gasteiger charge is 2.26. The molecular weight excluding hydrogens is 474 g/mol. The molecular formula is C32H35N3O3. The van der Waals surface area contributed by atoms with Crippen molar-refractivity contribution in [2.75, 3.05) is 31.1 Å². The van der Waals surface area contributed by atoms with E-state index in [0.717, 1.165) is 68.7 Å². The van der Waals surface area contributed by atoms with E-state index in [-0.39, 0.29) is 11.9 Å². The van der Waals surface area contributed by atoms with Gasteiger partial charge in [0.15, 0.2) is 11.5 Å². The Bertz CT molecular complexity index is 1370. The van der Waals surface area contributed by atoms with Crippen molar-refractivity contribution in [1.29, 1.82) is 0 Å².